The first-order chi connectivity index (χ1) is 5.24. The van der Waals surface area contributed by atoms with Crippen molar-refractivity contribution in [3.8, 4) is 0 Å². The van der Waals surface area contributed by atoms with Crippen molar-refractivity contribution in [2.45, 2.75) is 19.8 Å². The number of hydrogen-bond donors (Lipinski definition) is 0. The molecule has 1 rings (SSSR count). The predicted octanol–water partition coefficient (Wildman–Crippen LogP) is 3.28. The van der Waals surface area contributed by atoms with E-state index in [4.69, 9.17) is 0 Å². The van der Waals surface area contributed by atoms with E-state index < -0.39 is 0 Å². The van der Waals surface area contributed by atoms with Crippen LogP contribution in [0, 0.1) is 6.92 Å². The molecule has 0 fully saturated rings. The van der Waals surface area contributed by atoms with Gasteiger partial charge in [0.25, 0.3) is 0 Å². The van der Waals surface area contributed by atoms with E-state index in [0.717, 1.165) is 0 Å². The Labute approximate surface area is 87.4 Å². The Balaban J connectivity index is 0.00000121. The summed E-state index contributed by atoms with van der Waals surface area (Å²) in [6, 6.07) is 8.58. The predicted molar refractivity (Wildman–Crippen MR) is 49.8 cm³/mol. The average molecular weight is 247 g/mol. The maximum Gasteiger partial charge on any atom is 0 e. The number of benzene rings is 1. The SMILES string of the molecule is C=CC(C)c1ccc(C)cc1.[Ru]. The van der Waals surface area contributed by atoms with Gasteiger partial charge in [-0.2, -0.15) is 0 Å². The molecule has 0 amide bonds. The van der Waals surface area contributed by atoms with E-state index in [9.17, 15) is 0 Å². The Morgan fingerprint density at radius 2 is 1.75 bits per heavy atom. The van der Waals surface area contributed by atoms with Gasteiger partial charge in [0.15, 0.2) is 0 Å². The molecule has 1 atom stereocenters. The van der Waals surface area contributed by atoms with Crippen molar-refractivity contribution in [3.63, 3.8) is 0 Å². The van der Waals surface area contributed by atoms with Gasteiger partial charge in [-0.1, -0.05) is 42.8 Å². The van der Waals surface area contributed by atoms with E-state index in [1.54, 1.807) is 0 Å². The second-order valence-electron chi connectivity index (χ2n) is 2.94. The molecule has 0 aliphatic carbocycles. The molecule has 0 aromatic heterocycles. The summed E-state index contributed by atoms with van der Waals surface area (Å²) in [7, 11) is 0. The molecule has 0 nitrogen and oxygen atoms in total. The molecule has 12 heavy (non-hydrogen) atoms. The first kappa shape index (κ1) is 11.6. The van der Waals surface area contributed by atoms with Crippen LogP contribution in [0.5, 0.6) is 0 Å². The second-order valence-corrected chi connectivity index (χ2v) is 2.94. The summed E-state index contributed by atoms with van der Waals surface area (Å²) < 4.78 is 0. The quantitative estimate of drug-likeness (QED) is 0.556. The van der Waals surface area contributed by atoms with Gasteiger partial charge in [0.2, 0.25) is 0 Å². The third-order valence-corrected chi connectivity index (χ3v) is 1.96. The topological polar surface area (TPSA) is 0 Å². The van der Waals surface area contributed by atoms with Crippen molar-refractivity contribution in [2.24, 2.45) is 0 Å². The second kappa shape index (κ2) is 5.27. The Kier molecular flexibility index (Phi) is 5.09. The average Bonchev–Trinajstić information content (AvgIpc) is 2.05. The summed E-state index contributed by atoms with van der Waals surface area (Å²) in [5.41, 5.74) is 2.65. The maximum absolute atomic E-state index is 3.76. The smallest absolute Gasteiger partial charge is 0 e. The van der Waals surface area contributed by atoms with Crippen molar-refractivity contribution in [1.82, 2.24) is 0 Å². The fraction of sp³-hybridized carbons (Fsp3) is 0.273. The molecule has 0 saturated carbocycles. The van der Waals surface area contributed by atoms with Crippen LogP contribution in [-0.2, 0) is 19.5 Å². The number of hydrogen-bond acceptors (Lipinski definition) is 0. The van der Waals surface area contributed by atoms with Crippen molar-refractivity contribution in [3.05, 3.63) is 48.0 Å². The molecule has 0 heterocycles. The van der Waals surface area contributed by atoms with Crippen molar-refractivity contribution < 1.29 is 19.5 Å². The summed E-state index contributed by atoms with van der Waals surface area (Å²) in [5.74, 6) is 0.468. The standard InChI is InChI=1S/C11H14.Ru/c1-4-10(3)11-7-5-9(2)6-8-11;/h4-8,10H,1H2,2-3H3;. The van der Waals surface area contributed by atoms with Crippen molar-refractivity contribution in [2.75, 3.05) is 0 Å². The summed E-state index contributed by atoms with van der Waals surface area (Å²) in [4.78, 5) is 0. The van der Waals surface area contributed by atoms with E-state index in [0.29, 0.717) is 5.92 Å². The van der Waals surface area contributed by atoms with E-state index in [1.807, 2.05) is 6.08 Å². The van der Waals surface area contributed by atoms with Crippen LogP contribution in [0.15, 0.2) is 36.9 Å². The molecule has 1 aromatic rings. The summed E-state index contributed by atoms with van der Waals surface area (Å²) in [6.07, 6.45) is 1.96. The van der Waals surface area contributed by atoms with Gasteiger partial charge in [-0.05, 0) is 18.4 Å². The van der Waals surface area contributed by atoms with Gasteiger partial charge in [0.1, 0.15) is 0 Å². The van der Waals surface area contributed by atoms with Gasteiger partial charge in [-0.3, -0.25) is 0 Å². The van der Waals surface area contributed by atoms with E-state index in [-0.39, 0.29) is 19.5 Å². The fourth-order valence-corrected chi connectivity index (χ4v) is 1.01. The summed E-state index contributed by atoms with van der Waals surface area (Å²) in [5, 5.41) is 0. The number of rotatable bonds is 2. The third-order valence-electron chi connectivity index (χ3n) is 1.96. The first-order valence-electron chi connectivity index (χ1n) is 3.93. The van der Waals surface area contributed by atoms with Crippen LogP contribution in [0.4, 0.5) is 0 Å². The van der Waals surface area contributed by atoms with Crippen molar-refractivity contribution >= 4 is 0 Å². The monoisotopic (exact) mass is 248 g/mol. The van der Waals surface area contributed by atoms with Crippen LogP contribution in [0.3, 0.4) is 0 Å². The first-order valence-corrected chi connectivity index (χ1v) is 3.93. The molecule has 1 unspecified atom stereocenters. The fourth-order valence-electron chi connectivity index (χ4n) is 1.01. The molecule has 1 aromatic carbocycles. The molecule has 0 aliphatic rings. The number of aryl methyl sites for hydroxylation is 1. The molecule has 66 valence electrons. The van der Waals surface area contributed by atoms with Crippen LogP contribution >= 0.6 is 0 Å². The van der Waals surface area contributed by atoms with Gasteiger partial charge >= 0.3 is 0 Å². The van der Waals surface area contributed by atoms with Gasteiger partial charge < -0.3 is 0 Å². The number of allylic oxidation sites excluding steroid dienone is 1. The zero-order chi connectivity index (χ0) is 8.27. The Hall–Kier alpha value is -0.417. The minimum Gasteiger partial charge on any atom is -0.102 e. The van der Waals surface area contributed by atoms with Crippen LogP contribution in [0.2, 0.25) is 0 Å². The zero-order valence-corrected chi connectivity index (χ0v) is 9.26. The zero-order valence-electron chi connectivity index (χ0n) is 7.52. The van der Waals surface area contributed by atoms with Gasteiger partial charge in [-0.25, -0.2) is 0 Å². The molecular weight excluding hydrogens is 233 g/mol. The molecule has 0 aliphatic heterocycles. The van der Waals surface area contributed by atoms with E-state index in [2.05, 4.69) is 44.7 Å². The molecular formula is C11H14Ru. The molecule has 0 bridgehead atoms. The van der Waals surface area contributed by atoms with Crippen LogP contribution in [0.25, 0.3) is 0 Å². The Morgan fingerprint density at radius 3 is 2.17 bits per heavy atom. The molecule has 1 heteroatoms. The maximum atomic E-state index is 3.76. The van der Waals surface area contributed by atoms with E-state index >= 15 is 0 Å². The van der Waals surface area contributed by atoms with Crippen LogP contribution in [0.1, 0.15) is 24.0 Å². The van der Waals surface area contributed by atoms with Crippen LogP contribution in [-0.4, -0.2) is 0 Å². The Morgan fingerprint density at radius 1 is 1.25 bits per heavy atom. The van der Waals surface area contributed by atoms with Gasteiger partial charge in [-0.15, -0.1) is 6.58 Å². The third kappa shape index (κ3) is 2.91. The normalized spacial score (nSPS) is 11.5. The minimum atomic E-state index is 0. The molecule has 0 radical (unpaired) electrons. The molecule has 0 saturated heterocycles. The van der Waals surface area contributed by atoms with Gasteiger partial charge in [0, 0.05) is 19.5 Å². The molecule has 0 spiro atoms. The largest absolute Gasteiger partial charge is 0.102 e. The van der Waals surface area contributed by atoms with E-state index in [1.165, 1.54) is 11.1 Å². The van der Waals surface area contributed by atoms with Gasteiger partial charge in [0.05, 0.1) is 0 Å². The minimum absolute atomic E-state index is 0. The summed E-state index contributed by atoms with van der Waals surface area (Å²) >= 11 is 0. The molecule has 0 N–H and O–H groups in total. The van der Waals surface area contributed by atoms with Crippen LogP contribution < -0.4 is 0 Å². The Bertz CT molecular complexity index is 236. The summed E-state index contributed by atoms with van der Waals surface area (Å²) in [6.45, 7) is 8.01. The van der Waals surface area contributed by atoms with Crippen molar-refractivity contribution in [1.29, 1.82) is 0 Å².